The number of unbranched alkanes of at least 4 members (excludes halogenated alkanes) is 3. The minimum Gasteiger partial charge on any atom is -0.402 e. The highest BCUT2D eigenvalue weighted by molar-refractivity contribution is 7.14. The first-order valence-electron chi connectivity index (χ1n) is 12.2. The predicted molar refractivity (Wildman–Crippen MR) is 160 cm³/mol. The summed E-state index contributed by atoms with van der Waals surface area (Å²) in [7, 11) is 0. The zero-order chi connectivity index (χ0) is 28.4. The maximum Gasteiger partial charge on any atom is 0.416 e. The summed E-state index contributed by atoms with van der Waals surface area (Å²) in [6.45, 7) is 0.317. The highest BCUT2D eigenvalue weighted by Crippen LogP contribution is 2.32. The number of aliphatic imine (C=N–C) groups is 1. The zero-order valence-electron chi connectivity index (χ0n) is 21.7. The molecule has 0 saturated heterocycles. The van der Waals surface area contributed by atoms with Crippen LogP contribution in [0.25, 0.3) is 0 Å². The molecule has 0 spiro atoms. The minimum absolute atomic E-state index is 0. The van der Waals surface area contributed by atoms with Crippen LogP contribution in [0.3, 0.4) is 0 Å². The highest BCUT2D eigenvalue weighted by atomic mass is 35.5. The summed E-state index contributed by atoms with van der Waals surface area (Å²) in [6, 6.07) is 13.2. The Morgan fingerprint density at radius 2 is 1.65 bits per heavy atom. The number of benzene rings is 2. The maximum absolute atomic E-state index is 12.8. The van der Waals surface area contributed by atoms with E-state index in [0.717, 1.165) is 37.8 Å². The Labute approximate surface area is 246 Å². The van der Waals surface area contributed by atoms with E-state index in [0.29, 0.717) is 61.0 Å². The number of aliphatic hydroxyl groups is 1. The molecule has 40 heavy (non-hydrogen) atoms. The molecule has 0 aliphatic heterocycles. The molecule has 0 aliphatic carbocycles. The average Bonchev–Trinajstić information content (AvgIpc) is 3.37. The van der Waals surface area contributed by atoms with Gasteiger partial charge in [-0.1, -0.05) is 47.9 Å². The van der Waals surface area contributed by atoms with Crippen molar-refractivity contribution in [2.24, 2.45) is 16.5 Å². The lowest BCUT2D eigenvalue weighted by Crippen LogP contribution is -2.15. The van der Waals surface area contributed by atoms with E-state index in [-0.39, 0.29) is 12.8 Å². The van der Waals surface area contributed by atoms with Crippen LogP contribution in [0.5, 0.6) is 0 Å². The highest BCUT2D eigenvalue weighted by Gasteiger charge is 2.29. The molecule has 0 fully saturated rings. The molecule has 0 aliphatic rings. The molecule has 0 saturated carbocycles. The summed E-state index contributed by atoms with van der Waals surface area (Å²) in [6.07, 6.45) is -0.0516. The van der Waals surface area contributed by atoms with Crippen LogP contribution in [0.1, 0.15) is 53.0 Å². The van der Waals surface area contributed by atoms with Crippen LogP contribution in [0, 0.1) is 11.8 Å². The largest absolute Gasteiger partial charge is 0.416 e. The van der Waals surface area contributed by atoms with Crippen molar-refractivity contribution in [3.8, 4) is 11.8 Å². The topological polar surface area (TPSA) is 120 Å². The summed E-state index contributed by atoms with van der Waals surface area (Å²) in [5, 5.41) is 11.1. The smallest absolute Gasteiger partial charge is 0.402 e. The van der Waals surface area contributed by atoms with Gasteiger partial charge in [-0.3, -0.25) is 0 Å². The van der Waals surface area contributed by atoms with Crippen LogP contribution >= 0.6 is 34.5 Å². The molecule has 0 radical (unpaired) electrons. The van der Waals surface area contributed by atoms with Crippen molar-refractivity contribution in [2.75, 3.05) is 13.2 Å². The Bertz CT molecular complexity index is 1390. The van der Waals surface area contributed by atoms with Crippen LogP contribution in [0.2, 0.25) is 10.0 Å². The van der Waals surface area contributed by atoms with E-state index in [9.17, 15) is 18.3 Å². The fourth-order valence-corrected chi connectivity index (χ4v) is 4.99. The van der Waals surface area contributed by atoms with E-state index in [1.807, 2.05) is 6.07 Å². The van der Waals surface area contributed by atoms with Gasteiger partial charge >= 0.3 is 6.18 Å². The van der Waals surface area contributed by atoms with Gasteiger partial charge in [0.25, 0.3) is 0 Å². The van der Waals surface area contributed by atoms with E-state index in [4.69, 9.17) is 39.7 Å². The fraction of sp³-hybridized carbons (Fsp3) is 0.276. The van der Waals surface area contributed by atoms with Crippen LogP contribution in [0.4, 0.5) is 18.9 Å². The summed E-state index contributed by atoms with van der Waals surface area (Å²) in [4.78, 5) is 6.12. The molecule has 8 N–H and O–H groups in total. The van der Waals surface area contributed by atoms with Crippen molar-refractivity contribution in [1.82, 2.24) is 6.15 Å². The number of hydrogen-bond donors (Lipinski definition) is 4. The quantitative estimate of drug-likeness (QED) is 0.106. The van der Waals surface area contributed by atoms with Gasteiger partial charge < -0.3 is 22.7 Å². The average molecular weight is 612 g/mol. The third-order valence-electron chi connectivity index (χ3n) is 5.76. The number of nitrogens with zero attached hydrogens (tertiary/aromatic N) is 1. The van der Waals surface area contributed by atoms with Crippen LogP contribution in [-0.2, 0) is 6.18 Å². The third kappa shape index (κ3) is 9.66. The lowest BCUT2D eigenvalue weighted by atomic mass is 10.0. The Balaban J connectivity index is 0.00000560. The number of alkyl halides is 3. The maximum atomic E-state index is 12.8. The van der Waals surface area contributed by atoms with Crippen molar-refractivity contribution in [2.45, 2.75) is 38.3 Å². The van der Waals surface area contributed by atoms with Gasteiger partial charge in [0.1, 0.15) is 0 Å². The molecule has 3 aromatic rings. The monoisotopic (exact) mass is 610 g/mol. The van der Waals surface area contributed by atoms with Gasteiger partial charge in [-0.25, -0.2) is 4.99 Å². The molecule has 1 aromatic heterocycles. The van der Waals surface area contributed by atoms with Gasteiger partial charge in [-0.2, -0.15) is 13.2 Å². The van der Waals surface area contributed by atoms with Gasteiger partial charge in [-0.15, -0.1) is 11.3 Å². The van der Waals surface area contributed by atoms with Gasteiger partial charge in [-0.05, 0) is 80.4 Å². The van der Waals surface area contributed by atoms with E-state index in [2.05, 4.69) is 11.8 Å². The number of hydrogen-bond acceptors (Lipinski definition) is 6. The van der Waals surface area contributed by atoms with E-state index >= 15 is 0 Å². The molecule has 214 valence electrons. The Kier molecular flexibility index (Phi) is 13.2. The number of thiophene rings is 1. The predicted octanol–water partition coefficient (Wildman–Crippen LogP) is 7.87. The van der Waals surface area contributed by atoms with Gasteiger partial charge in [0.2, 0.25) is 0 Å². The second-order valence-corrected chi connectivity index (χ2v) is 10.6. The van der Waals surface area contributed by atoms with Crippen molar-refractivity contribution in [1.29, 1.82) is 0 Å². The molecule has 0 atom stereocenters. The Morgan fingerprint density at radius 3 is 2.27 bits per heavy atom. The van der Waals surface area contributed by atoms with Gasteiger partial charge in [0, 0.05) is 21.9 Å². The first-order chi connectivity index (χ1) is 18.6. The Morgan fingerprint density at radius 1 is 0.950 bits per heavy atom. The summed E-state index contributed by atoms with van der Waals surface area (Å²) < 4.78 is 38.5. The molecular formula is C29H31Cl2F3N4OS. The summed E-state index contributed by atoms with van der Waals surface area (Å²) in [5.41, 5.74) is 13.7. The molecule has 3 rings (SSSR count). The van der Waals surface area contributed by atoms with E-state index < -0.39 is 11.7 Å². The van der Waals surface area contributed by atoms with E-state index in [1.54, 1.807) is 24.3 Å². The lowest BCUT2D eigenvalue weighted by Gasteiger charge is -2.13. The van der Waals surface area contributed by atoms with Gasteiger partial charge in [0.05, 0.1) is 38.3 Å². The number of allylic oxidation sites excluding steroid dienone is 1. The SMILES string of the molecule is N.NCCCCCC/C(N)=C(\CO)C(=Nc1ccc(Cl)cc1Cl)c1ccc(C#Cc2ccc(C(F)(F)F)cc2)s1. The third-order valence-corrected chi connectivity index (χ3v) is 7.30. The van der Waals surface area contributed by atoms with Crippen LogP contribution in [-0.4, -0.2) is 24.0 Å². The molecule has 0 amide bonds. The number of halogens is 5. The van der Waals surface area contributed by atoms with Crippen molar-refractivity contribution >= 4 is 45.9 Å². The standard InChI is InChI=1S/C29H28Cl2F3N3OS.H3N/c30-21-11-14-26(24(31)17-21)37-28(23(18-38)25(36)5-3-1-2-4-16-35)27-15-13-22(39-27)12-8-19-6-9-20(10-7-19)29(32,33)34;/h6-7,9-11,13-15,17,38H,1-5,16,18,35-36H2;1H3/b25-23-,37-28?;. The summed E-state index contributed by atoms with van der Waals surface area (Å²) >= 11 is 13.8. The zero-order valence-corrected chi connectivity index (χ0v) is 24.0. The molecule has 0 unspecified atom stereocenters. The lowest BCUT2D eigenvalue weighted by molar-refractivity contribution is -0.137. The molecular weight excluding hydrogens is 580 g/mol. The first kappa shape index (κ1) is 33.4. The van der Waals surface area contributed by atoms with Crippen molar-refractivity contribution in [3.05, 3.63) is 96.8 Å². The summed E-state index contributed by atoms with van der Waals surface area (Å²) in [5.74, 6) is 5.88. The normalized spacial score (nSPS) is 12.3. The van der Waals surface area contributed by atoms with Crippen LogP contribution < -0.4 is 17.6 Å². The van der Waals surface area contributed by atoms with E-state index in [1.165, 1.54) is 23.5 Å². The van der Waals surface area contributed by atoms with Crippen LogP contribution in [0.15, 0.2) is 70.9 Å². The first-order valence-corrected chi connectivity index (χ1v) is 13.8. The second-order valence-electron chi connectivity index (χ2n) is 8.66. The molecule has 1 heterocycles. The molecule has 0 bridgehead atoms. The van der Waals surface area contributed by atoms with Gasteiger partial charge in [0.15, 0.2) is 0 Å². The fourth-order valence-electron chi connectivity index (χ4n) is 3.67. The molecule has 11 heteroatoms. The minimum atomic E-state index is -4.40. The number of nitrogens with two attached hydrogens (primary N) is 2. The number of aliphatic hydroxyl groups excluding tert-OH is 1. The van der Waals surface area contributed by atoms with Crippen molar-refractivity contribution < 1.29 is 18.3 Å². The number of rotatable bonds is 10. The molecule has 2 aromatic carbocycles. The Hall–Kier alpha value is -2.84. The van der Waals surface area contributed by atoms with Crippen molar-refractivity contribution in [3.63, 3.8) is 0 Å². The molecule has 5 nitrogen and oxygen atoms in total. The second kappa shape index (κ2) is 15.8.